The third-order valence-corrected chi connectivity index (χ3v) is 3.48. The summed E-state index contributed by atoms with van der Waals surface area (Å²) in [4.78, 5) is 12.0. The molecule has 0 fully saturated rings. The van der Waals surface area contributed by atoms with Crippen LogP contribution in [0.1, 0.15) is 15.9 Å². The van der Waals surface area contributed by atoms with Crippen molar-refractivity contribution in [2.24, 2.45) is 0 Å². The number of rotatable bonds is 3. The molecule has 19 heavy (non-hydrogen) atoms. The summed E-state index contributed by atoms with van der Waals surface area (Å²) in [5.41, 5.74) is 1.94. The fourth-order valence-corrected chi connectivity index (χ4v) is 2.30. The van der Waals surface area contributed by atoms with Crippen molar-refractivity contribution in [3.05, 3.63) is 63.9 Å². The van der Waals surface area contributed by atoms with E-state index in [9.17, 15) is 9.18 Å². The van der Waals surface area contributed by atoms with Gasteiger partial charge in [-0.05, 0) is 51.8 Å². The van der Waals surface area contributed by atoms with E-state index in [1.807, 2.05) is 12.1 Å². The number of benzene rings is 2. The molecule has 0 aromatic heterocycles. The zero-order valence-electron chi connectivity index (χ0n) is 9.79. The van der Waals surface area contributed by atoms with Gasteiger partial charge in [0.05, 0.1) is 5.56 Å². The minimum atomic E-state index is -0.396. The molecule has 0 saturated heterocycles. The first kappa shape index (κ1) is 14.0. The van der Waals surface area contributed by atoms with Crippen molar-refractivity contribution in [1.82, 2.24) is 0 Å². The minimum absolute atomic E-state index is 0.307. The Balaban J connectivity index is 2.20. The summed E-state index contributed by atoms with van der Waals surface area (Å²) in [5.74, 6) is -0.324. The van der Waals surface area contributed by atoms with Crippen LogP contribution in [0.3, 0.4) is 0 Å². The Labute approximate surface area is 123 Å². The van der Waals surface area contributed by atoms with Crippen LogP contribution in [-0.2, 0) is 5.88 Å². The number of carbonyl (C=O) groups excluding carboxylic acids is 1. The predicted octanol–water partition coefficient (Wildman–Crippen LogP) is 4.58. The standard InChI is InChI=1S/C14H10BrClFNO/c15-13-7-10(17)4-5-12(13)14(19)18-11-3-1-2-9(6-11)8-16/h1-7H,8H2,(H,18,19). The van der Waals surface area contributed by atoms with E-state index in [-0.39, 0.29) is 5.91 Å². The third-order valence-electron chi connectivity index (χ3n) is 2.51. The molecule has 0 unspecified atom stereocenters. The number of halogens is 3. The van der Waals surface area contributed by atoms with E-state index in [1.165, 1.54) is 18.2 Å². The molecule has 0 aliphatic rings. The van der Waals surface area contributed by atoms with E-state index in [4.69, 9.17) is 11.6 Å². The maximum atomic E-state index is 13.0. The Bertz CT molecular complexity index is 618. The summed E-state index contributed by atoms with van der Waals surface area (Å²) < 4.78 is 13.4. The molecule has 0 saturated carbocycles. The second-order valence-corrected chi connectivity index (χ2v) is 5.03. The zero-order chi connectivity index (χ0) is 13.8. The lowest BCUT2D eigenvalue weighted by Gasteiger charge is -2.08. The number of amides is 1. The molecule has 2 nitrogen and oxygen atoms in total. The van der Waals surface area contributed by atoms with Crippen LogP contribution in [-0.4, -0.2) is 5.91 Å². The highest BCUT2D eigenvalue weighted by Gasteiger charge is 2.11. The summed E-state index contributed by atoms with van der Waals surface area (Å²) in [7, 11) is 0. The van der Waals surface area contributed by atoms with Gasteiger partial charge in [-0.1, -0.05) is 12.1 Å². The number of hydrogen-bond acceptors (Lipinski definition) is 1. The zero-order valence-corrected chi connectivity index (χ0v) is 12.1. The molecule has 1 N–H and O–H groups in total. The Morgan fingerprint density at radius 1 is 1.26 bits per heavy atom. The van der Waals surface area contributed by atoms with Crippen LogP contribution >= 0.6 is 27.5 Å². The van der Waals surface area contributed by atoms with Crippen LogP contribution in [0, 0.1) is 5.82 Å². The molecule has 0 atom stereocenters. The average molecular weight is 343 g/mol. The molecule has 2 aromatic carbocycles. The van der Waals surface area contributed by atoms with Gasteiger partial charge in [0.2, 0.25) is 0 Å². The fraction of sp³-hybridized carbons (Fsp3) is 0.0714. The van der Waals surface area contributed by atoms with Crippen LogP contribution in [0.4, 0.5) is 10.1 Å². The van der Waals surface area contributed by atoms with Gasteiger partial charge in [0.1, 0.15) is 5.82 Å². The molecule has 0 aliphatic carbocycles. The van der Waals surface area contributed by atoms with Crippen molar-refractivity contribution >= 4 is 39.1 Å². The normalized spacial score (nSPS) is 10.3. The Kier molecular flexibility index (Phi) is 4.56. The van der Waals surface area contributed by atoms with Gasteiger partial charge in [-0.3, -0.25) is 4.79 Å². The van der Waals surface area contributed by atoms with Gasteiger partial charge in [-0.2, -0.15) is 0 Å². The van der Waals surface area contributed by atoms with Crippen LogP contribution < -0.4 is 5.32 Å². The Hall–Kier alpha value is -1.39. The van der Waals surface area contributed by atoms with E-state index in [0.717, 1.165) is 5.56 Å². The lowest BCUT2D eigenvalue weighted by Crippen LogP contribution is -2.12. The maximum absolute atomic E-state index is 13.0. The van der Waals surface area contributed by atoms with Crippen LogP contribution in [0.15, 0.2) is 46.9 Å². The van der Waals surface area contributed by atoms with Crippen molar-refractivity contribution < 1.29 is 9.18 Å². The topological polar surface area (TPSA) is 29.1 Å². The second-order valence-electron chi connectivity index (χ2n) is 3.91. The number of alkyl halides is 1. The summed E-state index contributed by atoms with van der Waals surface area (Å²) in [6.07, 6.45) is 0. The van der Waals surface area contributed by atoms with Crippen molar-refractivity contribution in [3.63, 3.8) is 0 Å². The number of hydrogen-bond donors (Lipinski definition) is 1. The lowest BCUT2D eigenvalue weighted by molar-refractivity contribution is 0.102. The Morgan fingerprint density at radius 3 is 2.74 bits per heavy atom. The fourth-order valence-electron chi connectivity index (χ4n) is 1.60. The molecule has 2 aromatic rings. The highest BCUT2D eigenvalue weighted by atomic mass is 79.9. The molecule has 0 bridgehead atoms. The van der Waals surface area contributed by atoms with Crippen molar-refractivity contribution in [2.75, 3.05) is 5.32 Å². The van der Waals surface area contributed by atoms with Gasteiger partial charge in [0, 0.05) is 16.0 Å². The highest BCUT2D eigenvalue weighted by molar-refractivity contribution is 9.10. The van der Waals surface area contributed by atoms with Gasteiger partial charge in [0.25, 0.3) is 5.91 Å². The molecule has 1 amide bonds. The van der Waals surface area contributed by atoms with Crippen molar-refractivity contribution in [2.45, 2.75) is 5.88 Å². The molecule has 2 rings (SSSR count). The molecule has 5 heteroatoms. The first-order chi connectivity index (χ1) is 9.10. The molecule has 0 spiro atoms. The SMILES string of the molecule is O=C(Nc1cccc(CCl)c1)c1ccc(F)cc1Br. The predicted molar refractivity (Wildman–Crippen MR) is 78.1 cm³/mol. The monoisotopic (exact) mass is 341 g/mol. The average Bonchev–Trinajstić information content (AvgIpc) is 2.38. The quantitative estimate of drug-likeness (QED) is 0.813. The molecular weight excluding hydrogens is 333 g/mol. The van der Waals surface area contributed by atoms with E-state index >= 15 is 0 Å². The molecule has 98 valence electrons. The van der Waals surface area contributed by atoms with Gasteiger partial charge < -0.3 is 5.32 Å². The third kappa shape index (κ3) is 3.55. The van der Waals surface area contributed by atoms with E-state index in [1.54, 1.807) is 12.1 Å². The number of nitrogens with one attached hydrogen (secondary N) is 1. The number of anilines is 1. The molecule has 0 aliphatic heterocycles. The summed E-state index contributed by atoms with van der Waals surface area (Å²) >= 11 is 8.90. The molecular formula is C14H10BrClFNO. The van der Waals surface area contributed by atoms with Crippen LogP contribution in [0.5, 0.6) is 0 Å². The minimum Gasteiger partial charge on any atom is -0.322 e. The largest absolute Gasteiger partial charge is 0.322 e. The van der Waals surface area contributed by atoms with E-state index in [0.29, 0.717) is 21.6 Å². The lowest BCUT2D eigenvalue weighted by atomic mass is 10.2. The summed E-state index contributed by atoms with van der Waals surface area (Å²) in [6.45, 7) is 0. The van der Waals surface area contributed by atoms with Crippen LogP contribution in [0.2, 0.25) is 0 Å². The maximum Gasteiger partial charge on any atom is 0.256 e. The molecule has 0 heterocycles. The second kappa shape index (κ2) is 6.17. The smallest absolute Gasteiger partial charge is 0.256 e. The highest BCUT2D eigenvalue weighted by Crippen LogP contribution is 2.20. The first-order valence-electron chi connectivity index (χ1n) is 5.51. The first-order valence-corrected chi connectivity index (χ1v) is 6.84. The van der Waals surface area contributed by atoms with Crippen molar-refractivity contribution in [3.8, 4) is 0 Å². The van der Waals surface area contributed by atoms with Crippen molar-refractivity contribution in [1.29, 1.82) is 0 Å². The summed E-state index contributed by atoms with van der Waals surface area (Å²) in [5, 5.41) is 2.74. The Morgan fingerprint density at radius 2 is 2.05 bits per heavy atom. The number of carbonyl (C=O) groups is 1. The van der Waals surface area contributed by atoms with Gasteiger partial charge in [0.15, 0.2) is 0 Å². The van der Waals surface area contributed by atoms with Gasteiger partial charge in [-0.15, -0.1) is 11.6 Å². The van der Waals surface area contributed by atoms with Gasteiger partial charge >= 0.3 is 0 Å². The van der Waals surface area contributed by atoms with E-state index in [2.05, 4.69) is 21.2 Å². The molecule has 0 radical (unpaired) electrons. The summed E-state index contributed by atoms with van der Waals surface area (Å²) in [6, 6.07) is 11.2. The van der Waals surface area contributed by atoms with E-state index < -0.39 is 5.82 Å². The van der Waals surface area contributed by atoms with Crippen LogP contribution in [0.25, 0.3) is 0 Å². The van der Waals surface area contributed by atoms with Gasteiger partial charge in [-0.25, -0.2) is 4.39 Å².